The summed E-state index contributed by atoms with van der Waals surface area (Å²) in [6.07, 6.45) is 0. The molecule has 0 aliphatic rings. The quantitative estimate of drug-likeness (QED) is 0.836. The zero-order valence-electron chi connectivity index (χ0n) is 12.8. The minimum absolute atomic E-state index is 0.234. The highest BCUT2D eigenvalue weighted by molar-refractivity contribution is 5.79. The minimum atomic E-state index is -0.452. The van der Waals surface area contributed by atoms with E-state index in [1.807, 2.05) is 39.8 Å². The number of carbonyl (C=O) groups is 1. The van der Waals surface area contributed by atoms with Gasteiger partial charge in [0.15, 0.2) is 0 Å². The molecule has 0 heterocycles. The van der Waals surface area contributed by atoms with Gasteiger partial charge < -0.3 is 10.1 Å². The molecule has 0 aliphatic carbocycles. The molecule has 0 fully saturated rings. The number of hydrogen-bond donors (Lipinski definition) is 1. The van der Waals surface area contributed by atoms with Gasteiger partial charge in [-0.1, -0.05) is 26.0 Å². The van der Waals surface area contributed by atoms with Crippen LogP contribution in [0.2, 0.25) is 0 Å². The van der Waals surface area contributed by atoms with E-state index in [-0.39, 0.29) is 12.0 Å². The zero-order valence-corrected chi connectivity index (χ0v) is 12.8. The lowest BCUT2D eigenvalue weighted by atomic mass is 10.0. The molecule has 0 spiro atoms. The van der Waals surface area contributed by atoms with Crippen LogP contribution in [-0.2, 0) is 9.53 Å². The first kappa shape index (κ1) is 15.5. The molecule has 0 saturated heterocycles. The van der Waals surface area contributed by atoms with Crippen molar-refractivity contribution >= 4 is 11.7 Å². The molecule has 0 amide bonds. The second-order valence-corrected chi connectivity index (χ2v) is 6.18. The number of esters is 1. The zero-order chi connectivity index (χ0) is 14.6. The van der Waals surface area contributed by atoms with Crippen LogP contribution in [0.25, 0.3) is 0 Å². The summed E-state index contributed by atoms with van der Waals surface area (Å²) in [4.78, 5) is 11.9. The molecule has 1 aromatic rings. The topological polar surface area (TPSA) is 38.3 Å². The van der Waals surface area contributed by atoms with Crippen molar-refractivity contribution < 1.29 is 9.53 Å². The summed E-state index contributed by atoms with van der Waals surface area (Å²) in [6, 6.07) is 7.77. The van der Waals surface area contributed by atoms with Crippen molar-refractivity contribution in [2.45, 2.75) is 59.1 Å². The molecular weight excluding hydrogens is 238 g/mol. The highest BCUT2D eigenvalue weighted by Crippen LogP contribution is 2.19. The normalized spacial score (nSPS) is 13.2. The van der Waals surface area contributed by atoms with Crippen molar-refractivity contribution in [1.82, 2.24) is 0 Å². The van der Waals surface area contributed by atoms with Crippen molar-refractivity contribution in [3.05, 3.63) is 29.8 Å². The summed E-state index contributed by atoms with van der Waals surface area (Å²) in [5, 5.41) is 3.18. The Hall–Kier alpha value is -1.51. The molecule has 1 N–H and O–H groups in total. The highest BCUT2D eigenvalue weighted by Gasteiger charge is 2.21. The van der Waals surface area contributed by atoms with Gasteiger partial charge in [-0.25, -0.2) is 4.79 Å². The van der Waals surface area contributed by atoms with Crippen LogP contribution in [0.15, 0.2) is 24.3 Å². The van der Waals surface area contributed by atoms with Gasteiger partial charge in [0.05, 0.1) is 0 Å². The Morgan fingerprint density at radius 1 is 1.21 bits per heavy atom. The molecule has 106 valence electrons. The van der Waals surface area contributed by atoms with E-state index in [0.717, 1.165) is 5.69 Å². The van der Waals surface area contributed by atoms with E-state index in [4.69, 9.17) is 4.74 Å². The number of hydrogen-bond acceptors (Lipinski definition) is 3. The molecule has 1 aromatic carbocycles. The Morgan fingerprint density at radius 3 is 2.37 bits per heavy atom. The molecule has 0 aromatic heterocycles. The lowest BCUT2D eigenvalue weighted by Gasteiger charge is -2.23. The summed E-state index contributed by atoms with van der Waals surface area (Å²) in [5.74, 6) is 0.237. The molecule has 19 heavy (non-hydrogen) atoms. The van der Waals surface area contributed by atoms with Gasteiger partial charge in [0, 0.05) is 5.69 Å². The lowest BCUT2D eigenvalue weighted by molar-refractivity contribution is -0.155. The average Bonchev–Trinajstić information content (AvgIpc) is 2.27. The van der Waals surface area contributed by atoms with Crippen molar-refractivity contribution in [2.75, 3.05) is 5.32 Å². The molecule has 0 bridgehead atoms. The van der Waals surface area contributed by atoms with E-state index >= 15 is 0 Å². The first-order chi connectivity index (χ1) is 8.69. The van der Waals surface area contributed by atoms with E-state index in [0.29, 0.717) is 5.92 Å². The van der Waals surface area contributed by atoms with E-state index in [1.165, 1.54) is 5.56 Å². The second kappa shape index (κ2) is 6.09. The Balaban J connectivity index is 2.69. The molecule has 1 unspecified atom stereocenters. The molecule has 1 atom stereocenters. The van der Waals surface area contributed by atoms with Crippen LogP contribution in [0.3, 0.4) is 0 Å². The van der Waals surface area contributed by atoms with Gasteiger partial charge in [0.2, 0.25) is 0 Å². The third kappa shape index (κ3) is 5.33. The second-order valence-electron chi connectivity index (χ2n) is 6.18. The highest BCUT2D eigenvalue weighted by atomic mass is 16.6. The Labute approximate surface area is 116 Å². The summed E-state index contributed by atoms with van der Waals surface area (Å²) in [7, 11) is 0. The fourth-order valence-corrected chi connectivity index (χ4v) is 1.69. The number of ether oxygens (including phenoxy) is 1. The standard InChI is InChI=1S/C16H25NO2/c1-11(2)13-8-7-9-14(10-13)17-12(3)15(18)19-16(4,5)6/h7-12,17H,1-6H3. The molecule has 3 nitrogen and oxygen atoms in total. The fourth-order valence-electron chi connectivity index (χ4n) is 1.69. The van der Waals surface area contributed by atoms with Gasteiger partial charge in [-0.3, -0.25) is 0 Å². The number of benzene rings is 1. The molecule has 0 radical (unpaired) electrons. The van der Waals surface area contributed by atoms with Crippen molar-refractivity contribution in [3.63, 3.8) is 0 Å². The molecule has 0 saturated carbocycles. The van der Waals surface area contributed by atoms with Gasteiger partial charge in [-0.05, 0) is 51.3 Å². The Morgan fingerprint density at radius 2 is 1.84 bits per heavy atom. The maximum Gasteiger partial charge on any atom is 0.328 e. The van der Waals surface area contributed by atoms with E-state index in [1.54, 1.807) is 0 Å². The molecule has 1 rings (SSSR count). The Bertz CT molecular complexity index is 433. The Kier molecular flexibility index (Phi) is 4.98. The van der Waals surface area contributed by atoms with E-state index < -0.39 is 5.60 Å². The average molecular weight is 263 g/mol. The summed E-state index contributed by atoms with van der Waals surface area (Å²) in [5.41, 5.74) is 1.75. The van der Waals surface area contributed by atoms with Gasteiger partial charge in [-0.2, -0.15) is 0 Å². The molecule has 3 heteroatoms. The van der Waals surface area contributed by atoms with E-state index in [9.17, 15) is 4.79 Å². The number of anilines is 1. The van der Waals surface area contributed by atoms with Crippen LogP contribution in [0.4, 0.5) is 5.69 Å². The van der Waals surface area contributed by atoms with Crippen LogP contribution in [-0.4, -0.2) is 17.6 Å². The van der Waals surface area contributed by atoms with Crippen LogP contribution in [0.1, 0.15) is 53.0 Å². The molecule has 0 aliphatic heterocycles. The number of nitrogens with one attached hydrogen (secondary N) is 1. The summed E-state index contributed by atoms with van der Waals surface area (Å²) < 4.78 is 5.35. The smallest absolute Gasteiger partial charge is 0.328 e. The fraction of sp³-hybridized carbons (Fsp3) is 0.562. The van der Waals surface area contributed by atoms with Gasteiger partial charge in [-0.15, -0.1) is 0 Å². The predicted molar refractivity (Wildman–Crippen MR) is 79.5 cm³/mol. The lowest BCUT2D eigenvalue weighted by Crippen LogP contribution is -2.34. The van der Waals surface area contributed by atoms with Crippen molar-refractivity contribution in [1.29, 1.82) is 0 Å². The van der Waals surface area contributed by atoms with Gasteiger partial charge in [0.25, 0.3) is 0 Å². The third-order valence-corrected chi connectivity index (χ3v) is 2.70. The van der Waals surface area contributed by atoms with Crippen LogP contribution in [0, 0.1) is 0 Å². The number of rotatable bonds is 4. The SMILES string of the molecule is CC(Nc1cccc(C(C)C)c1)C(=O)OC(C)(C)C. The van der Waals surface area contributed by atoms with Crippen LogP contribution >= 0.6 is 0 Å². The van der Waals surface area contributed by atoms with Crippen LogP contribution in [0.5, 0.6) is 0 Å². The van der Waals surface area contributed by atoms with Crippen molar-refractivity contribution in [3.8, 4) is 0 Å². The predicted octanol–water partition coefficient (Wildman–Crippen LogP) is 3.95. The molecular formula is C16H25NO2. The summed E-state index contributed by atoms with van der Waals surface area (Å²) in [6.45, 7) is 11.7. The van der Waals surface area contributed by atoms with Gasteiger partial charge in [0.1, 0.15) is 11.6 Å². The monoisotopic (exact) mass is 263 g/mol. The van der Waals surface area contributed by atoms with Gasteiger partial charge >= 0.3 is 5.97 Å². The largest absolute Gasteiger partial charge is 0.458 e. The maximum atomic E-state index is 11.9. The van der Waals surface area contributed by atoms with Crippen molar-refractivity contribution in [2.24, 2.45) is 0 Å². The maximum absolute atomic E-state index is 11.9. The first-order valence-corrected chi connectivity index (χ1v) is 6.78. The van der Waals surface area contributed by atoms with E-state index in [2.05, 4.69) is 31.3 Å². The third-order valence-electron chi connectivity index (χ3n) is 2.70. The first-order valence-electron chi connectivity index (χ1n) is 6.78. The van der Waals surface area contributed by atoms with Crippen LogP contribution < -0.4 is 5.32 Å². The summed E-state index contributed by atoms with van der Waals surface area (Å²) >= 11 is 0. The number of carbonyl (C=O) groups excluding carboxylic acids is 1. The minimum Gasteiger partial charge on any atom is -0.458 e.